The predicted octanol–water partition coefficient (Wildman–Crippen LogP) is 5.59. The topological polar surface area (TPSA) is 0 Å². The van der Waals surface area contributed by atoms with Crippen LogP contribution >= 0.6 is 18.6 Å². The summed E-state index contributed by atoms with van der Waals surface area (Å²) in [6.07, 6.45) is -0.254. The van der Waals surface area contributed by atoms with Gasteiger partial charge in [0, 0.05) is 0 Å². The van der Waals surface area contributed by atoms with E-state index in [1.54, 1.807) is 0 Å². The Hall–Kier alpha value is 0.211. The SMILES string of the molecule is C[Si](C)=[Ti]([Cl])[Cl].Cc1c[cH-]cc1C.c1cc[cH-]c1. The van der Waals surface area contributed by atoms with E-state index in [-0.39, 0.29) is 6.19 Å². The molecule has 0 spiro atoms. The number of rotatable bonds is 0. The standard InChI is InChI=1S/C7H9.C5H5.C2H6Si.2ClH.Ti/c1-6-4-3-5-7(6)2;1-2-4-5-3-1;1-3-2;;;/h3-5H,1-2H3;1-5H;1-2H3;2*1H;/q2*-1;;;;+2/p-2. The third kappa shape index (κ3) is 10.2. The zero-order chi connectivity index (χ0) is 14.0. The van der Waals surface area contributed by atoms with Crippen LogP contribution in [-0.4, -0.2) is 6.19 Å². The molecule has 0 saturated carbocycles. The van der Waals surface area contributed by atoms with E-state index in [2.05, 4.69) is 45.1 Å². The Morgan fingerprint density at radius 3 is 1.44 bits per heavy atom. The van der Waals surface area contributed by atoms with E-state index in [1.807, 2.05) is 30.3 Å². The van der Waals surface area contributed by atoms with Crippen molar-refractivity contribution in [1.29, 1.82) is 0 Å². The first-order valence-electron chi connectivity index (χ1n) is 5.79. The summed E-state index contributed by atoms with van der Waals surface area (Å²) in [5.74, 6) is 0. The van der Waals surface area contributed by atoms with Gasteiger partial charge in [-0.2, -0.15) is 47.5 Å². The van der Waals surface area contributed by atoms with Gasteiger partial charge in [-0.25, -0.2) is 12.1 Å². The molecule has 0 amide bonds. The van der Waals surface area contributed by atoms with E-state index in [4.69, 9.17) is 18.6 Å². The van der Waals surface area contributed by atoms with Crippen LogP contribution in [0.5, 0.6) is 0 Å². The molecule has 0 radical (unpaired) electrons. The van der Waals surface area contributed by atoms with Crippen LogP contribution in [0.3, 0.4) is 0 Å². The Bertz CT molecular complexity index is 392. The molecule has 0 atom stereocenters. The van der Waals surface area contributed by atoms with Crippen molar-refractivity contribution < 1.29 is 14.5 Å². The van der Waals surface area contributed by atoms with Crippen molar-refractivity contribution in [2.45, 2.75) is 26.9 Å². The van der Waals surface area contributed by atoms with Crippen molar-refractivity contribution in [3.05, 3.63) is 59.7 Å². The summed E-state index contributed by atoms with van der Waals surface area (Å²) in [7, 11) is 11.2. The first-order chi connectivity index (χ1) is 8.45. The molecule has 0 aliphatic carbocycles. The summed E-state index contributed by atoms with van der Waals surface area (Å²) in [5, 5.41) is 0. The maximum absolute atomic E-state index is 5.59. The van der Waals surface area contributed by atoms with E-state index >= 15 is 0 Å². The molecule has 0 fully saturated rings. The first kappa shape index (κ1) is 18.2. The Labute approximate surface area is 125 Å². The van der Waals surface area contributed by atoms with E-state index < -0.39 is 14.5 Å². The Kier molecular flexibility index (Phi) is 11.2. The zero-order valence-corrected chi connectivity index (χ0v) is 15.4. The fourth-order valence-electron chi connectivity index (χ4n) is 0.920. The second kappa shape index (κ2) is 11.1. The summed E-state index contributed by atoms with van der Waals surface area (Å²) < 4.78 is 0. The molecule has 0 aliphatic rings. The van der Waals surface area contributed by atoms with Crippen molar-refractivity contribution in [3.8, 4) is 0 Å². The molecule has 0 heterocycles. The summed E-state index contributed by atoms with van der Waals surface area (Å²) in [6, 6.07) is 16.3. The average molecular weight is 335 g/mol. The Morgan fingerprint density at radius 1 is 0.944 bits per heavy atom. The molecule has 0 N–H and O–H groups in total. The van der Waals surface area contributed by atoms with E-state index in [9.17, 15) is 0 Å². The van der Waals surface area contributed by atoms with Gasteiger partial charge in [-0.1, -0.05) is 13.8 Å². The van der Waals surface area contributed by atoms with E-state index in [1.165, 1.54) is 11.1 Å². The molecule has 2 aromatic rings. The molecule has 0 saturated heterocycles. The van der Waals surface area contributed by atoms with Gasteiger partial charge in [-0.15, -0.1) is 0 Å². The second-order valence-electron chi connectivity index (χ2n) is 4.11. The van der Waals surface area contributed by atoms with Crippen LogP contribution in [0, 0.1) is 13.8 Å². The third-order valence-electron chi connectivity index (χ3n) is 2.25. The van der Waals surface area contributed by atoms with Crippen LogP contribution in [0.1, 0.15) is 11.1 Å². The predicted molar refractivity (Wildman–Crippen MR) is 82.7 cm³/mol. The first-order valence-corrected chi connectivity index (χ1v) is 14.9. The number of aryl methyl sites for hydroxylation is 2. The minimum Gasteiger partial charge on any atom is -0.214 e. The van der Waals surface area contributed by atoms with Crippen LogP contribution in [0.4, 0.5) is 0 Å². The zero-order valence-electron chi connectivity index (χ0n) is 11.4. The molecular weight excluding hydrogens is 315 g/mol. The molecule has 0 aliphatic heterocycles. The molecule has 2 rings (SSSR count). The van der Waals surface area contributed by atoms with Crippen LogP contribution in [0.2, 0.25) is 13.1 Å². The van der Waals surface area contributed by atoms with Crippen LogP contribution in [-0.2, 0) is 14.5 Å². The van der Waals surface area contributed by atoms with Crippen molar-refractivity contribution in [1.82, 2.24) is 0 Å². The van der Waals surface area contributed by atoms with Gasteiger partial charge in [0.15, 0.2) is 0 Å². The largest absolute Gasteiger partial charge is 0.214 e. The molecule has 100 valence electrons. The van der Waals surface area contributed by atoms with Crippen molar-refractivity contribution in [2.75, 3.05) is 0 Å². The van der Waals surface area contributed by atoms with Gasteiger partial charge in [0.25, 0.3) is 0 Å². The smallest absolute Gasteiger partial charge is 0.0958 e. The number of halogens is 2. The summed E-state index contributed by atoms with van der Waals surface area (Å²) in [4.78, 5) is 0. The fraction of sp³-hybridized carbons (Fsp3) is 0.286. The van der Waals surface area contributed by atoms with Crippen molar-refractivity contribution in [2.24, 2.45) is 0 Å². The summed E-state index contributed by atoms with van der Waals surface area (Å²) >= 11 is -1.42. The number of hydrogen-bond donors (Lipinski definition) is 0. The second-order valence-corrected chi connectivity index (χ2v) is 20.2. The monoisotopic (exact) mass is 334 g/mol. The maximum Gasteiger partial charge on any atom is -0.0958 e. The molecule has 0 bridgehead atoms. The fourth-order valence-corrected chi connectivity index (χ4v) is 0.920. The van der Waals surface area contributed by atoms with Crippen molar-refractivity contribution in [3.63, 3.8) is 0 Å². The van der Waals surface area contributed by atoms with Gasteiger partial charge >= 0.3 is 52.4 Å². The quantitative estimate of drug-likeness (QED) is 0.435. The maximum atomic E-state index is 5.59. The Morgan fingerprint density at radius 2 is 1.33 bits per heavy atom. The molecular formula is C14H20Cl2SiTi-2. The van der Waals surface area contributed by atoms with Gasteiger partial charge in [0.05, 0.1) is 0 Å². The minimum atomic E-state index is -1.42. The van der Waals surface area contributed by atoms with Gasteiger partial charge < -0.3 is 0 Å². The van der Waals surface area contributed by atoms with Crippen LogP contribution in [0.25, 0.3) is 0 Å². The summed E-state index contributed by atoms with van der Waals surface area (Å²) in [5.41, 5.74) is 2.78. The Balaban J connectivity index is 0.000000244. The van der Waals surface area contributed by atoms with E-state index in [0.717, 1.165) is 0 Å². The van der Waals surface area contributed by atoms with Crippen LogP contribution < -0.4 is 0 Å². The van der Waals surface area contributed by atoms with Gasteiger partial charge in [-0.05, 0) is 0 Å². The summed E-state index contributed by atoms with van der Waals surface area (Å²) in [6.45, 7) is 8.55. The third-order valence-corrected chi connectivity index (χ3v) is 15.9. The molecule has 0 aromatic heterocycles. The van der Waals surface area contributed by atoms with Gasteiger partial charge in [0.1, 0.15) is 0 Å². The van der Waals surface area contributed by atoms with Gasteiger partial charge in [-0.3, -0.25) is 0 Å². The number of hydrogen-bond acceptors (Lipinski definition) is 0. The molecule has 0 unspecified atom stereocenters. The van der Waals surface area contributed by atoms with E-state index in [0.29, 0.717) is 0 Å². The average Bonchev–Trinajstić information content (AvgIpc) is 2.96. The minimum absolute atomic E-state index is 0.254. The molecule has 4 heteroatoms. The normalized spacial score (nSPS) is 8.56. The van der Waals surface area contributed by atoms with Crippen LogP contribution in [0.15, 0.2) is 48.5 Å². The molecule has 2 aromatic carbocycles. The van der Waals surface area contributed by atoms with Crippen molar-refractivity contribution >= 4 is 24.8 Å². The van der Waals surface area contributed by atoms with Gasteiger partial charge in [0.2, 0.25) is 0 Å². The molecule has 18 heavy (non-hydrogen) atoms. The molecule has 0 nitrogen and oxygen atoms in total.